The van der Waals surface area contributed by atoms with Gasteiger partial charge in [-0.2, -0.15) is 0 Å². The van der Waals surface area contributed by atoms with E-state index in [0.29, 0.717) is 12.2 Å². The lowest BCUT2D eigenvalue weighted by Crippen LogP contribution is -2.10. The summed E-state index contributed by atoms with van der Waals surface area (Å²) < 4.78 is 0. The highest BCUT2D eigenvalue weighted by Gasteiger charge is 2.05. The van der Waals surface area contributed by atoms with E-state index < -0.39 is 0 Å². The lowest BCUT2D eigenvalue weighted by atomic mass is 10.1. The van der Waals surface area contributed by atoms with Crippen LogP contribution >= 0.6 is 0 Å². The molecule has 15 heavy (non-hydrogen) atoms. The summed E-state index contributed by atoms with van der Waals surface area (Å²) in [4.78, 5) is 11.3. The van der Waals surface area contributed by atoms with E-state index in [-0.39, 0.29) is 5.91 Å². The maximum absolute atomic E-state index is 11.3. The molecule has 1 rings (SSSR count). The van der Waals surface area contributed by atoms with Crippen molar-refractivity contribution in [2.75, 3.05) is 5.32 Å². The summed E-state index contributed by atoms with van der Waals surface area (Å²) in [7, 11) is 0. The highest BCUT2D eigenvalue weighted by Crippen LogP contribution is 2.25. The molecule has 1 aromatic carbocycles. The van der Waals surface area contributed by atoms with Gasteiger partial charge in [0.05, 0.1) is 0 Å². The molecular weight excluding hydrogens is 190 g/mol. The second-order valence-electron chi connectivity index (χ2n) is 3.76. The number of aryl methyl sites for hydroxylation is 2. The van der Waals surface area contributed by atoms with Crippen molar-refractivity contribution in [1.82, 2.24) is 0 Å². The van der Waals surface area contributed by atoms with Crippen LogP contribution in [0.3, 0.4) is 0 Å². The Bertz CT molecular complexity index is 349. The molecule has 0 aliphatic heterocycles. The van der Waals surface area contributed by atoms with Crippen molar-refractivity contribution in [3.63, 3.8) is 0 Å². The smallest absolute Gasteiger partial charge is 0.224 e. The van der Waals surface area contributed by atoms with Crippen LogP contribution in [-0.4, -0.2) is 11.0 Å². The average molecular weight is 207 g/mol. The fourth-order valence-corrected chi connectivity index (χ4v) is 1.48. The zero-order valence-electron chi connectivity index (χ0n) is 9.42. The second-order valence-corrected chi connectivity index (χ2v) is 3.76. The van der Waals surface area contributed by atoms with E-state index in [1.807, 2.05) is 20.8 Å². The number of amides is 1. The third kappa shape index (κ3) is 2.98. The lowest BCUT2D eigenvalue weighted by Gasteiger charge is -2.09. The number of benzene rings is 1. The van der Waals surface area contributed by atoms with Gasteiger partial charge in [0.25, 0.3) is 0 Å². The van der Waals surface area contributed by atoms with Gasteiger partial charge in [-0.05, 0) is 43.5 Å². The van der Waals surface area contributed by atoms with E-state index in [4.69, 9.17) is 0 Å². The number of hydrogen-bond donors (Lipinski definition) is 2. The topological polar surface area (TPSA) is 49.3 Å². The third-order valence-corrected chi connectivity index (χ3v) is 2.25. The first-order valence-corrected chi connectivity index (χ1v) is 5.14. The number of nitrogens with one attached hydrogen (secondary N) is 1. The minimum Gasteiger partial charge on any atom is -0.507 e. The molecule has 0 fully saturated rings. The van der Waals surface area contributed by atoms with E-state index in [1.54, 1.807) is 12.1 Å². The standard InChI is InChI=1S/C12H17NO2/c1-4-5-11(14)13-10-6-8(2)12(15)9(3)7-10/h6-7,15H,4-5H2,1-3H3,(H,13,14). The molecule has 0 atom stereocenters. The molecular formula is C12H17NO2. The Morgan fingerprint density at radius 3 is 2.33 bits per heavy atom. The van der Waals surface area contributed by atoms with Gasteiger partial charge in [-0.3, -0.25) is 4.79 Å². The number of carbonyl (C=O) groups excluding carboxylic acids is 1. The molecule has 0 unspecified atom stereocenters. The molecule has 1 amide bonds. The zero-order valence-corrected chi connectivity index (χ0v) is 9.42. The van der Waals surface area contributed by atoms with Crippen molar-refractivity contribution >= 4 is 11.6 Å². The van der Waals surface area contributed by atoms with E-state index >= 15 is 0 Å². The lowest BCUT2D eigenvalue weighted by molar-refractivity contribution is -0.116. The SMILES string of the molecule is CCCC(=O)Nc1cc(C)c(O)c(C)c1. The van der Waals surface area contributed by atoms with E-state index in [2.05, 4.69) is 5.32 Å². The number of anilines is 1. The Hall–Kier alpha value is -1.51. The molecule has 0 spiro atoms. The minimum absolute atomic E-state index is 0.0157. The molecule has 0 aromatic heterocycles. The maximum Gasteiger partial charge on any atom is 0.224 e. The van der Waals surface area contributed by atoms with Gasteiger partial charge in [0.15, 0.2) is 0 Å². The molecule has 0 bridgehead atoms. The van der Waals surface area contributed by atoms with Crippen LogP contribution in [0.1, 0.15) is 30.9 Å². The first kappa shape index (κ1) is 11.6. The molecule has 3 heteroatoms. The summed E-state index contributed by atoms with van der Waals surface area (Å²) in [5.41, 5.74) is 2.31. The first-order valence-electron chi connectivity index (χ1n) is 5.14. The highest BCUT2D eigenvalue weighted by molar-refractivity contribution is 5.91. The minimum atomic E-state index is 0.0157. The van der Waals surface area contributed by atoms with Crippen LogP contribution in [0.15, 0.2) is 12.1 Å². The summed E-state index contributed by atoms with van der Waals surface area (Å²) in [5.74, 6) is 0.311. The van der Waals surface area contributed by atoms with Crippen molar-refractivity contribution in [3.05, 3.63) is 23.3 Å². The number of phenols is 1. The number of hydrogen-bond acceptors (Lipinski definition) is 2. The molecule has 2 N–H and O–H groups in total. The molecule has 0 aliphatic carbocycles. The normalized spacial score (nSPS) is 10.1. The van der Waals surface area contributed by atoms with Crippen molar-refractivity contribution in [3.8, 4) is 5.75 Å². The van der Waals surface area contributed by atoms with Gasteiger partial charge in [-0.15, -0.1) is 0 Å². The van der Waals surface area contributed by atoms with Crippen LogP contribution in [0.5, 0.6) is 5.75 Å². The maximum atomic E-state index is 11.3. The van der Waals surface area contributed by atoms with Crippen LogP contribution in [0.25, 0.3) is 0 Å². The fourth-order valence-electron chi connectivity index (χ4n) is 1.48. The molecule has 1 aromatic rings. The molecule has 82 valence electrons. The summed E-state index contributed by atoms with van der Waals surface area (Å²) in [5, 5.41) is 12.4. The Labute approximate surface area is 90.1 Å². The van der Waals surface area contributed by atoms with Gasteiger partial charge in [0, 0.05) is 12.1 Å². The van der Waals surface area contributed by atoms with Crippen molar-refractivity contribution in [2.45, 2.75) is 33.6 Å². The number of rotatable bonds is 3. The molecule has 0 radical (unpaired) electrons. The zero-order chi connectivity index (χ0) is 11.4. The third-order valence-electron chi connectivity index (χ3n) is 2.25. The Balaban J connectivity index is 2.83. The summed E-state index contributed by atoms with van der Waals surface area (Å²) in [6.07, 6.45) is 1.36. The van der Waals surface area contributed by atoms with Gasteiger partial charge in [-0.25, -0.2) is 0 Å². The monoisotopic (exact) mass is 207 g/mol. The average Bonchev–Trinajstić information content (AvgIpc) is 2.14. The number of carbonyl (C=O) groups is 1. The fraction of sp³-hybridized carbons (Fsp3) is 0.417. The van der Waals surface area contributed by atoms with Gasteiger partial charge >= 0.3 is 0 Å². The highest BCUT2D eigenvalue weighted by atomic mass is 16.3. The van der Waals surface area contributed by atoms with Gasteiger partial charge in [0.2, 0.25) is 5.91 Å². The molecule has 0 saturated carbocycles. The van der Waals surface area contributed by atoms with Crippen molar-refractivity contribution < 1.29 is 9.90 Å². The van der Waals surface area contributed by atoms with Crippen LogP contribution in [0, 0.1) is 13.8 Å². The van der Waals surface area contributed by atoms with E-state index in [1.165, 1.54) is 0 Å². The molecule has 0 saturated heterocycles. The predicted molar refractivity (Wildman–Crippen MR) is 61.1 cm³/mol. The summed E-state index contributed by atoms with van der Waals surface area (Å²) in [6.45, 7) is 5.60. The Kier molecular flexibility index (Phi) is 3.72. The van der Waals surface area contributed by atoms with E-state index in [9.17, 15) is 9.90 Å². The molecule has 0 heterocycles. The summed E-state index contributed by atoms with van der Waals surface area (Å²) >= 11 is 0. The van der Waals surface area contributed by atoms with Gasteiger partial charge in [0.1, 0.15) is 5.75 Å². The largest absolute Gasteiger partial charge is 0.507 e. The van der Waals surface area contributed by atoms with Crippen LogP contribution in [0.4, 0.5) is 5.69 Å². The van der Waals surface area contributed by atoms with Crippen LogP contribution in [0.2, 0.25) is 0 Å². The van der Waals surface area contributed by atoms with Crippen LogP contribution < -0.4 is 5.32 Å². The molecule has 3 nitrogen and oxygen atoms in total. The van der Waals surface area contributed by atoms with E-state index in [0.717, 1.165) is 23.2 Å². The Morgan fingerprint density at radius 2 is 1.87 bits per heavy atom. The predicted octanol–water partition coefficient (Wildman–Crippen LogP) is 2.75. The Morgan fingerprint density at radius 1 is 1.33 bits per heavy atom. The van der Waals surface area contributed by atoms with Gasteiger partial charge < -0.3 is 10.4 Å². The summed E-state index contributed by atoms with van der Waals surface area (Å²) in [6, 6.07) is 3.55. The first-order chi connectivity index (χ1) is 7.04. The quantitative estimate of drug-likeness (QED) is 0.749. The van der Waals surface area contributed by atoms with Gasteiger partial charge in [-0.1, -0.05) is 6.92 Å². The number of aromatic hydroxyl groups is 1. The van der Waals surface area contributed by atoms with Crippen molar-refractivity contribution in [2.24, 2.45) is 0 Å². The van der Waals surface area contributed by atoms with Crippen molar-refractivity contribution in [1.29, 1.82) is 0 Å². The number of phenolic OH excluding ortho intramolecular Hbond substituents is 1. The van der Waals surface area contributed by atoms with Crippen LogP contribution in [-0.2, 0) is 4.79 Å². The second kappa shape index (κ2) is 4.82. The molecule has 0 aliphatic rings.